The highest BCUT2D eigenvalue weighted by Gasteiger charge is 2.22. The number of rotatable bonds is 9. The summed E-state index contributed by atoms with van der Waals surface area (Å²) in [6.07, 6.45) is 4.09. The van der Waals surface area contributed by atoms with Crippen LogP contribution in [0.15, 0.2) is 12.3 Å². The molecule has 0 aliphatic heterocycles. The molecular weight excluding hydrogens is 320 g/mol. The Bertz CT molecular complexity index is 718. The summed E-state index contributed by atoms with van der Waals surface area (Å²) >= 11 is 0. The topological polar surface area (TPSA) is 63.8 Å². The summed E-state index contributed by atoms with van der Waals surface area (Å²) < 4.78 is 16.4. The number of hydrogen-bond acceptors (Lipinski definition) is 4. The van der Waals surface area contributed by atoms with Crippen LogP contribution in [-0.4, -0.2) is 50.2 Å². The summed E-state index contributed by atoms with van der Waals surface area (Å²) in [7, 11) is 4.76. The first kappa shape index (κ1) is 19.0. The molecule has 0 atom stereocenters. The normalized spacial score (nSPS) is 10.8. The first-order valence-electron chi connectivity index (χ1n) is 8.67. The molecule has 2 aromatic rings. The number of hydrogen-bond donors (Lipinski definition) is 1. The van der Waals surface area contributed by atoms with E-state index < -0.39 is 0 Å². The van der Waals surface area contributed by atoms with Gasteiger partial charge in [-0.1, -0.05) is 13.8 Å². The predicted octanol–water partition coefficient (Wildman–Crippen LogP) is 3.38. The molecule has 0 unspecified atom stereocenters. The lowest BCUT2D eigenvalue weighted by Crippen LogP contribution is -2.33. The van der Waals surface area contributed by atoms with Crippen molar-refractivity contribution in [3.8, 4) is 17.2 Å². The Morgan fingerprint density at radius 2 is 1.68 bits per heavy atom. The summed E-state index contributed by atoms with van der Waals surface area (Å²) in [5.74, 6) is 1.83. The minimum atomic E-state index is 0.126. The molecule has 1 amide bonds. The number of nitrogens with zero attached hydrogens (tertiary/aromatic N) is 1. The van der Waals surface area contributed by atoms with Gasteiger partial charge in [-0.15, -0.1) is 0 Å². The summed E-state index contributed by atoms with van der Waals surface area (Å²) in [5.41, 5.74) is 1.75. The molecule has 0 aliphatic rings. The van der Waals surface area contributed by atoms with Gasteiger partial charge in [0.15, 0.2) is 11.5 Å². The number of H-pyrrole nitrogens is 1. The highest BCUT2D eigenvalue weighted by molar-refractivity contribution is 5.96. The summed E-state index contributed by atoms with van der Waals surface area (Å²) in [4.78, 5) is 17.9. The molecule has 1 N–H and O–H groups in total. The minimum absolute atomic E-state index is 0.126. The number of ether oxygens (including phenoxy) is 3. The van der Waals surface area contributed by atoms with E-state index in [-0.39, 0.29) is 5.91 Å². The number of amides is 1. The second kappa shape index (κ2) is 8.65. The Balaban J connectivity index is 2.44. The van der Waals surface area contributed by atoms with Crippen LogP contribution in [0.5, 0.6) is 17.2 Å². The standard InChI is InChI=1S/C19H28N2O4/c1-6-8-21(9-7-2)16(22)10-13-12-20-14-11-15(23-3)18(24-4)19(25-5)17(13)14/h11-12,20H,6-10H2,1-5H3. The van der Waals surface area contributed by atoms with Gasteiger partial charge in [-0.05, 0) is 18.4 Å². The van der Waals surface area contributed by atoms with E-state index in [0.29, 0.717) is 23.7 Å². The number of carbonyl (C=O) groups is 1. The lowest BCUT2D eigenvalue weighted by molar-refractivity contribution is -0.130. The van der Waals surface area contributed by atoms with Gasteiger partial charge in [0.25, 0.3) is 0 Å². The fourth-order valence-corrected chi connectivity index (χ4v) is 3.14. The molecule has 0 radical (unpaired) electrons. The average molecular weight is 348 g/mol. The number of benzene rings is 1. The van der Waals surface area contributed by atoms with Crippen LogP contribution in [0.2, 0.25) is 0 Å². The van der Waals surface area contributed by atoms with Crippen molar-refractivity contribution >= 4 is 16.8 Å². The molecule has 0 fully saturated rings. The van der Waals surface area contributed by atoms with Crippen LogP contribution in [0.25, 0.3) is 10.9 Å². The van der Waals surface area contributed by atoms with E-state index in [0.717, 1.165) is 42.4 Å². The maximum atomic E-state index is 12.7. The maximum absolute atomic E-state index is 12.7. The van der Waals surface area contributed by atoms with Crippen LogP contribution in [-0.2, 0) is 11.2 Å². The van der Waals surface area contributed by atoms with Gasteiger partial charge in [0.05, 0.1) is 33.3 Å². The molecule has 0 saturated heterocycles. The fourth-order valence-electron chi connectivity index (χ4n) is 3.14. The Hall–Kier alpha value is -2.37. The molecule has 0 spiro atoms. The van der Waals surface area contributed by atoms with Crippen molar-refractivity contribution in [2.75, 3.05) is 34.4 Å². The Labute approximate surface area is 149 Å². The van der Waals surface area contributed by atoms with E-state index in [1.165, 1.54) is 0 Å². The molecular formula is C19H28N2O4. The molecule has 0 bridgehead atoms. The second-order valence-corrected chi connectivity index (χ2v) is 5.94. The monoisotopic (exact) mass is 348 g/mol. The molecule has 2 rings (SSSR count). The third-order valence-electron chi connectivity index (χ3n) is 4.23. The third kappa shape index (κ3) is 3.83. The number of nitrogens with one attached hydrogen (secondary N) is 1. The average Bonchev–Trinajstić information content (AvgIpc) is 3.02. The van der Waals surface area contributed by atoms with Crippen LogP contribution in [0, 0.1) is 0 Å². The number of fused-ring (bicyclic) bond motifs is 1. The highest BCUT2D eigenvalue weighted by atomic mass is 16.5. The van der Waals surface area contributed by atoms with Crippen LogP contribution >= 0.6 is 0 Å². The molecule has 1 aromatic carbocycles. The summed E-state index contributed by atoms with van der Waals surface area (Å²) in [6.45, 7) is 5.73. The van der Waals surface area contributed by atoms with Gasteiger partial charge >= 0.3 is 0 Å². The number of methoxy groups -OCH3 is 3. The van der Waals surface area contributed by atoms with Crippen molar-refractivity contribution in [1.29, 1.82) is 0 Å². The first-order chi connectivity index (χ1) is 12.1. The molecule has 6 heteroatoms. The van der Waals surface area contributed by atoms with Crippen LogP contribution in [0.4, 0.5) is 0 Å². The molecule has 0 aliphatic carbocycles. The molecule has 1 heterocycles. The zero-order chi connectivity index (χ0) is 18.4. The lowest BCUT2D eigenvalue weighted by atomic mass is 10.1. The molecule has 1 aromatic heterocycles. The van der Waals surface area contributed by atoms with Gasteiger partial charge in [0.2, 0.25) is 11.7 Å². The van der Waals surface area contributed by atoms with E-state index >= 15 is 0 Å². The number of carbonyl (C=O) groups excluding carboxylic acids is 1. The Morgan fingerprint density at radius 1 is 1.04 bits per heavy atom. The number of aromatic amines is 1. The van der Waals surface area contributed by atoms with Crippen molar-refractivity contribution in [3.63, 3.8) is 0 Å². The third-order valence-corrected chi connectivity index (χ3v) is 4.23. The van der Waals surface area contributed by atoms with Gasteiger partial charge in [-0.2, -0.15) is 0 Å². The first-order valence-corrected chi connectivity index (χ1v) is 8.67. The van der Waals surface area contributed by atoms with Gasteiger partial charge in [-0.25, -0.2) is 0 Å². The van der Waals surface area contributed by atoms with E-state index in [1.807, 2.05) is 17.2 Å². The quantitative estimate of drug-likeness (QED) is 0.754. The van der Waals surface area contributed by atoms with Crippen LogP contribution in [0.1, 0.15) is 32.3 Å². The molecule has 0 saturated carbocycles. The van der Waals surface area contributed by atoms with Crippen molar-refractivity contribution in [2.24, 2.45) is 0 Å². The predicted molar refractivity (Wildman–Crippen MR) is 98.8 cm³/mol. The lowest BCUT2D eigenvalue weighted by Gasteiger charge is -2.21. The molecule has 25 heavy (non-hydrogen) atoms. The smallest absolute Gasteiger partial charge is 0.227 e. The fraction of sp³-hybridized carbons (Fsp3) is 0.526. The SMILES string of the molecule is CCCN(CCC)C(=O)Cc1c[nH]c2cc(OC)c(OC)c(OC)c12. The van der Waals surface area contributed by atoms with Gasteiger partial charge in [0, 0.05) is 30.7 Å². The van der Waals surface area contributed by atoms with Crippen LogP contribution < -0.4 is 14.2 Å². The summed E-state index contributed by atoms with van der Waals surface area (Å²) in [6, 6.07) is 1.86. The largest absolute Gasteiger partial charge is 0.493 e. The Morgan fingerprint density at radius 3 is 2.20 bits per heavy atom. The Kier molecular flexibility index (Phi) is 6.56. The van der Waals surface area contributed by atoms with Crippen molar-refractivity contribution in [1.82, 2.24) is 9.88 Å². The van der Waals surface area contributed by atoms with E-state index in [1.54, 1.807) is 21.3 Å². The molecule has 138 valence electrons. The van der Waals surface area contributed by atoms with Gasteiger partial charge < -0.3 is 24.1 Å². The minimum Gasteiger partial charge on any atom is -0.493 e. The van der Waals surface area contributed by atoms with Crippen molar-refractivity contribution in [3.05, 3.63) is 17.8 Å². The molecule has 6 nitrogen and oxygen atoms in total. The zero-order valence-electron chi connectivity index (χ0n) is 15.8. The van der Waals surface area contributed by atoms with Gasteiger partial charge in [-0.3, -0.25) is 4.79 Å². The number of aromatic nitrogens is 1. The van der Waals surface area contributed by atoms with Gasteiger partial charge in [0.1, 0.15) is 0 Å². The van der Waals surface area contributed by atoms with E-state index in [2.05, 4.69) is 18.8 Å². The summed E-state index contributed by atoms with van der Waals surface area (Å²) in [5, 5.41) is 0.862. The maximum Gasteiger partial charge on any atom is 0.227 e. The van der Waals surface area contributed by atoms with E-state index in [9.17, 15) is 4.79 Å². The zero-order valence-corrected chi connectivity index (χ0v) is 15.8. The van der Waals surface area contributed by atoms with Crippen LogP contribution in [0.3, 0.4) is 0 Å². The van der Waals surface area contributed by atoms with Crippen molar-refractivity contribution < 1.29 is 19.0 Å². The van der Waals surface area contributed by atoms with E-state index in [4.69, 9.17) is 14.2 Å². The van der Waals surface area contributed by atoms with Crippen molar-refractivity contribution in [2.45, 2.75) is 33.1 Å². The second-order valence-electron chi connectivity index (χ2n) is 5.94. The highest BCUT2D eigenvalue weighted by Crippen LogP contribution is 2.44.